The van der Waals surface area contributed by atoms with Crippen molar-refractivity contribution in [2.75, 3.05) is 7.11 Å². The van der Waals surface area contributed by atoms with E-state index in [4.69, 9.17) is 4.74 Å². The van der Waals surface area contributed by atoms with Crippen molar-refractivity contribution in [1.82, 2.24) is 0 Å². The van der Waals surface area contributed by atoms with Crippen molar-refractivity contribution in [3.8, 4) is 22.6 Å². The molecule has 0 heterocycles. The molecule has 0 atom stereocenters. The number of rotatable bonds is 3. The van der Waals surface area contributed by atoms with Gasteiger partial charge in [-0.05, 0) is 23.3 Å². The van der Waals surface area contributed by atoms with Crippen molar-refractivity contribution in [1.29, 1.82) is 0 Å². The number of non-ortho nitro benzene ring substituents is 1. The van der Waals surface area contributed by atoms with Gasteiger partial charge < -0.3 is 9.84 Å². The van der Waals surface area contributed by atoms with Gasteiger partial charge in [0.1, 0.15) is 5.75 Å². The summed E-state index contributed by atoms with van der Waals surface area (Å²) in [5.41, 5.74) is 0.844. The molecule has 0 radical (unpaired) electrons. The minimum Gasteiger partial charge on any atom is -0.872 e. The Balaban J connectivity index is 2.48. The van der Waals surface area contributed by atoms with Crippen LogP contribution in [0.1, 0.15) is 0 Å². The highest BCUT2D eigenvalue weighted by molar-refractivity contribution is 5.72. The van der Waals surface area contributed by atoms with Gasteiger partial charge in [-0.3, -0.25) is 10.1 Å². The zero-order chi connectivity index (χ0) is 13.1. The molecular weight excluding hydrogens is 234 g/mol. The second-order valence-electron chi connectivity index (χ2n) is 3.67. The maximum absolute atomic E-state index is 11.7. The van der Waals surface area contributed by atoms with Crippen LogP contribution in [0.2, 0.25) is 0 Å². The summed E-state index contributed by atoms with van der Waals surface area (Å²) in [6.45, 7) is 0. The van der Waals surface area contributed by atoms with E-state index < -0.39 is 4.92 Å². The topological polar surface area (TPSA) is 75.4 Å². The lowest BCUT2D eigenvalue weighted by Crippen LogP contribution is -1.96. The first kappa shape index (κ1) is 11.9. The third kappa shape index (κ3) is 2.24. The Bertz CT molecular complexity index is 578. The highest BCUT2D eigenvalue weighted by atomic mass is 16.6. The third-order valence-electron chi connectivity index (χ3n) is 2.57. The number of hydrogen-bond acceptors (Lipinski definition) is 4. The lowest BCUT2D eigenvalue weighted by Gasteiger charge is -2.13. The number of methoxy groups -OCH3 is 1. The fourth-order valence-corrected chi connectivity index (χ4v) is 1.63. The summed E-state index contributed by atoms with van der Waals surface area (Å²) in [5.74, 6) is 0.419. The first-order valence-corrected chi connectivity index (χ1v) is 5.21. The van der Waals surface area contributed by atoms with Crippen LogP contribution in [0.5, 0.6) is 11.5 Å². The van der Waals surface area contributed by atoms with Crippen LogP contribution in [0.15, 0.2) is 42.5 Å². The van der Waals surface area contributed by atoms with E-state index in [-0.39, 0.29) is 11.4 Å². The minimum atomic E-state index is -0.521. The molecule has 5 nitrogen and oxygen atoms in total. The van der Waals surface area contributed by atoms with Crippen molar-refractivity contribution < 1.29 is 14.8 Å². The summed E-state index contributed by atoms with van der Waals surface area (Å²) < 4.78 is 5.01. The van der Waals surface area contributed by atoms with Crippen LogP contribution in [0.4, 0.5) is 5.69 Å². The summed E-state index contributed by atoms with van der Waals surface area (Å²) in [6.07, 6.45) is 0. The van der Waals surface area contributed by atoms with Gasteiger partial charge in [-0.15, -0.1) is 5.75 Å². The van der Waals surface area contributed by atoms with E-state index in [2.05, 4.69) is 0 Å². The van der Waals surface area contributed by atoms with Gasteiger partial charge in [-0.1, -0.05) is 18.2 Å². The fraction of sp³-hybridized carbons (Fsp3) is 0.0769. The molecule has 0 aliphatic heterocycles. The molecule has 0 aromatic heterocycles. The van der Waals surface area contributed by atoms with E-state index in [1.807, 2.05) is 0 Å². The van der Waals surface area contributed by atoms with Gasteiger partial charge >= 0.3 is 0 Å². The van der Waals surface area contributed by atoms with Crippen LogP contribution in [0, 0.1) is 10.1 Å². The lowest BCUT2D eigenvalue weighted by atomic mass is 10.0. The largest absolute Gasteiger partial charge is 0.872 e. The number of ether oxygens (including phenoxy) is 1. The van der Waals surface area contributed by atoms with Crippen molar-refractivity contribution in [2.45, 2.75) is 0 Å². The van der Waals surface area contributed by atoms with E-state index in [1.54, 1.807) is 31.4 Å². The van der Waals surface area contributed by atoms with Crippen molar-refractivity contribution in [3.63, 3.8) is 0 Å². The molecule has 0 saturated carbocycles. The Morgan fingerprint density at radius 3 is 2.33 bits per heavy atom. The maximum Gasteiger partial charge on any atom is 0.270 e. The molecule has 18 heavy (non-hydrogen) atoms. The highest BCUT2D eigenvalue weighted by Crippen LogP contribution is 2.31. The first-order chi connectivity index (χ1) is 8.61. The average Bonchev–Trinajstić information content (AvgIpc) is 2.39. The molecular formula is C13H10NO4-. The van der Waals surface area contributed by atoms with Gasteiger partial charge in [-0.2, -0.15) is 0 Å². The predicted octanol–water partition coefficient (Wildman–Crippen LogP) is 2.34. The van der Waals surface area contributed by atoms with Crippen LogP contribution < -0.4 is 9.84 Å². The standard InChI is InChI=1S/C13H11NO4/c1-18-11-5-2-9(3-6-11)12-8-10(14(16)17)4-7-13(12)15/h2-8,15H,1H3/p-1. The second kappa shape index (κ2) is 4.75. The SMILES string of the molecule is COc1ccc(-c2cc([N+](=O)[O-])ccc2[O-])cc1. The normalized spacial score (nSPS) is 10.1. The summed E-state index contributed by atoms with van der Waals surface area (Å²) in [6, 6.07) is 10.5. The molecule has 2 rings (SSSR count). The number of nitro benzene ring substituents is 1. The Hall–Kier alpha value is -2.56. The number of benzene rings is 2. The molecule has 0 bridgehead atoms. The molecule has 2 aromatic rings. The lowest BCUT2D eigenvalue weighted by molar-refractivity contribution is -0.385. The van der Waals surface area contributed by atoms with E-state index in [0.717, 1.165) is 0 Å². The van der Waals surface area contributed by atoms with Crippen molar-refractivity contribution in [2.24, 2.45) is 0 Å². The zero-order valence-corrected chi connectivity index (χ0v) is 9.62. The predicted molar refractivity (Wildman–Crippen MR) is 64.5 cm³/mol. The smallest absolute Gasteiger partial charge is 0.270 e. The Morgan fingerprint density at radius 2 is 1.78 bits per heavy atom. The second-order valence-corrected chi connectivity index (χ2v) is 3.67. The van der Waals surface area contributed by atoms with Gasteiger partial charge in [0.25, 0.3) is 5.69 Å². The molecule has 0 aliphatic rings. The molecule has 0 amide bonds. The maximum atomic E-state index is 11.7. The van der Waals surface area contributed by atoms with Crippen LogP contribution in [-0.2, 0) is 0 Å². The summed E-state index contributed by atoms with van der Waals surface area (Å²) in [5, 5.41) is 22.4. The summed E-state index contributed by atoms with van der Waals surface area (Å²) >= 11 is 0. The van der Waals surface area contributed by atoms with Crippen LogP contribution in [0.3, 0.4) is 0 Å². The highest BCUT2D eigenvalue weighted by Gasteiger charge is 2.08. The van der Waals surface area contributed by atoms with Gasteiger partial charge in [0.05, 0.1) is 12.0 Å². The molecule has 0 aliphatic carbocycles. The van der Waals surface area contributed by atoms with Gasteiger partial charge in [-0.25, -0.2) is 0 Å². The minimum absolute atomic E-state index is 0.0968. The quantitative estimate of drug-likeness (QED) is 0.613. The summed E-state index contributed by atoms with van der Waals surface area (Å²) in [7, 11) is 1.54. The molecule has 0 N–H and O–H groups in total. The van der Waals surface area contributed by atoms with E-state index in [9.17, 15) is 15.2 Å². The van der Waals surface area contributed by atoms with Crippen LogP contribution in [0.25, 0.3) is 11.1 Å². The van der Waals surface area contributed by atoms with Gasteiger partial charge in [0.15, 0.2) is 0 Å². The molecule has 2 aromatic carbocycles. The zero-order valence-electron chi connectivity index (χ0n) is 9.62. The van der Waals surface area contributed by atoms with Crippen LogP contribution >= 0.6 is 0 Å². The molecule has 0 fully saturated rings. The van der Waals surface area contributed by atoms with Gasteiger partial charge in [0.2, 0.25) is 0 Å². The first-order valence-electron chi connectivity index (χ1n) is 5.21. The van der Waals surface area contributed by atoms with E-state index in [0.29, 0.717) is 16.9 Å². The Morgan fingerprint density at radius 1 is 1.11 bits per heavy atom. The average molecular weight is 244 g/mol. The summed E-state index contributed by atoms with van der Waals surface area (Å²) in [4.78, 5) is 10.2. The van der Waals surface area contributed by atoms with E-state index >= 15 is 0 Å². The molecule has 0 spiro atoms. The number of nitrogens with zero attached hydrogens (tertiary/aromatic N) is 1. The van der Waals surface area contributed by atoms with E-state index in [1.165, 1.54) is 18.2 Å². The van der Waals surface area contributed by atoms with Gasteiger partial charge in [0, 0.05) is 12.1 Å². The van der Waals surface area contributed by atoms with Crippen molar-refractivity contribution in [3.05, 3.63) is 52.6 Å². The Kier molecular flexibility index (Phi) is 3.14. The fourth-order valence-electron chi connectivity index (χ4n) is 1.63. The Labute approximate surface area is 103 Å². The molecule has 5 heteroatoms. The van der Waals surface area contributed by atoms with Crippen molar-refractivity contribution >= 4 is 5.69 Å². The van der Waals surface area contributed by atoms with Crippen LogP contribution in [-0.4, -0.2) is 12.0 Å². The molecule has 92 valence electrons. The monoisotopic (exact) mass is 244 g/mol. The molecule has 0 unspecified atom stereocenters. The number of hydrogen-bond donors (Lipinski definition) is 0. The third-order valence-corrected chi connectivity index (χ3v) is 2.57. The molecule has 0 saturated heterocycles. The number of nitro groups is 1.